The Morgan fingerprint density at radius 2 is 2.25 bits per heavy atom. The molecule has 1 N–H and O–H groups in total. The van der Waals surface area contributed by atoms with E-state index in [4.69, 9.17) is 16.3 Å². The molecule has 1 aromatic carbocycles. The Labute approximate surface area is 125 Å². The van der Waals surface area contributed by atoms with E-state index >= 15 is 0 Å². The van der Waals surface area contributed by atoms with Crippen molar-refractivity contribution in [3.63, 3.8) is 0 Å². The zero-order valence-corrected chi connectivity index (χ0v) is 12.9. The van der Waals surface area contributed by atoms with Crippen LogP contribution in [-0.4, -0.2) is 62.0 Å². The van der Waals surface area contributed by atoms with E-state index in [9.17, 15) is 5.11 Å². The van der Waals surface area contributed by atoms with Gasteiger partial charge < -0.3 is 14.7 Å². The maximum Gasteiger partial charge on any atom is 0.0900 e. The number of nitrogens with zero attached hydrogens (tertiary/aromatic N) is 2. The fraction of sp³-hybridized carbons (Fsp3) is 0.600. The predicted octanol–water partition coefficient (Wildman–Crippen LogP) is 1.86. The number of rotatable bonds is 5. The summed E-state index contributed by atoms with van der Waals surface area (Å²) < 4.78 is 4.98. The summed E-state index contributed by atoms with van der Waals surface area (Å²) in [6.07, 6.45) is -0.417. The Balaban J connectivity index is 1.92. The lowest BCUT2D eigenvalue weighted by Gasteiger charge is -2.41. The summed E-state index contributed by atoms with van der Waals surface area (Å²) in [6, 6.07) is 8.37. The van der Waals surface area contributed by atoms with E-state index in [2.05, 4.69) is 22.8 Å². The van der Waals surface area contributed by atoms with Crippen LogP contribution in [0.4, 0.5) is 5.69 Å². The van der Waals surface area contributed by atoms with E-state index in [1.54, 1.807) is 7.11 Å². The monoisotopic (exact) mass is 298 g/mol. The Kier molecular flexibility index (Phi) is 5.66. The highest BCUT2D eigenvalue weighted by molar-refractivity contribution is 6.30. The van der Waals surface area contributed by atoms with Gasteiger partial charge in [-0.1, -0.05) is 17.7 Å². The number of β-amino-alcohol motifs (C(OH)–C–C–N with tert-alkyl or cyclic N) is 1. The molecule has 0 spiro atoms. The van der Waals surface area contributed by atoms with Crippen LogP contribution in [0.3, 0.4) is 0 Å². The van der Waals surface area contributed by atoms with Crippen LogP contribution in [0.2, 0.25) is 5.02 Å². The molecule has 0 saturated carbocycles. The van der Waals surface area contributed by atoms with Crippen molar-refractivity contribution in [1.82, 2.24) is 4.90 Å². The lowest BCUT2D eigenvalue weighted by Crippen LogP contribution is -2.54. The number of hydrogen-bond donors (Lipinski definition) is 1. The number of methoxy groups -OCH3 is 1. The quantitative estimate of drug-likeness (QED) is 0.900. The molecule has 1 heterocycles. The topological polar surface area (TPSA) is 35.9 Å². The van der Waals surface area contributed by atoms with Crippen LogP contribution >= 0.6 is 11.6 Å². The molecule has 0 amide bonds. The molecular formula is C15H23ClN2O2. The minimum Gasteiger partial charge on any atom is -0.389 e. The van der Waals surface area contributed by atoms with Crippen LogP contribution < -0.4 is 4.90 Å². The Bertz CT molecular complexity index is 430. The zero-order valence-electron chi connectivity index (χ0n) is 12.1. The Morgan fingerprint density at radius 3 is 2.90 bits per heavy atom. The number of halogens is 1. The summed E-state index contributed by atoms with van der Waals surface area (Å²) in [7, 11) is 1.61. The highest BCUT2D eigenvalue weighted by Gasteiger charge is 2.25. The molecule has 0 aliphatic carbocycles. The first kappa shape index (κ1) is 15.6. The summed E-state index contributed by atoms with van der Waals surface area (Å²) in [5.41, 5.74) is 1.17. The predicted molar refractivity (Wildman–Crippen MR) is 82.6 cm³/mol. The maximum atomic E-state index is 9.84. The van der Waals surface area contributed by atoms with Gasteiger partial charge in [0.25, 0.3) is 0 Å². The first-order valence-corrected chi connectivity index (χ1v) is 7.39. The molecule has 0 bridgehead atoms. The van der Waals surface area contributed by atoms with Crippen LogP contribution in [0.15, 0.2) is 24.3 Å². The number of piperazine rings is 1. The zero-order chi connectivity index (χ0) is 14.5. The second kappa shape index (κ2) is 7.27. The van der Waals surface area contributed by atoms with Crippen LogP contribution in [0.1, 0.15) is 6.92 Å². The number of hydrogen-bond acceptors (Lipinski definition) is 4. The van der Waals surface area contributed by atoms with Crippen LogP contribution in [0.5, 0.6) is 0 Å². The summed E-state index contributed by atoms with van der Waals surface area (Å²) >= 11 is 6.05. The first-order valence-electron chi connectivity index (χ1n) is 7.01. The number of anilines is 1. The van der Waals surface area contributed by atoms with Gasteiger partial charge in [-0.05, 0) is 25.1 Å². The highest BCUT2D eigenvalue weighted by atomic mass is 35.5. The SMILES string of the molecule is COC[C@H](O)CN1CCN(c2cccc(Cl)c2)C[C@@H]1C. The van der Waals surface area contributed by atoms with Gasteiger partial charge in [-0.2, -0.15) is 0 Å². The van der Waals surface area contributed by atoms with Crippen molar-refractivity contribution in [3.05, 3.63) is 29.3 Å². The van der Waals surface area contributed by atoms with Crippen molar-refractivity contribution in [2.45, 2.75) is 19.1 Å². The highest BCUT2D eigenvalue weighted by Crippen LogP contribution is 2.22. The fourth-order valence-electron chi connectivity index (χ4n) is 2.69. The standard InChI is InChI=1S/C15H23ClN2O2/c1-12-9-18(14-5-3-4-13(16)8-14)7-6-17(12)10-15(19)11-20-2/h3-5,8,12,15,19H,6-7,9-11H2,1-2H3/t12-,15+/m0/s1. The third kappa shape index (κ3) is 4.09. The lowest BCUT2D eigenvalue weighted by atomic mass is 10.1. The van der Waals surface area contributed by atoms with Gasteiger partial charge >= 0.3 is 0 Å². The second-order valence-corrected chi connectivity index (χ2v) is 5.82. The molecule has 2 rings (SSSR count). The maximum absolute atomic E-state index is 9.84. The Hall–Kier alpha value is -0.810. The number of aliphatic hydroxyl groups excluding tert-OH is 1. The van der Waals surface area contributed by atoms with E-state index in [0.29, 0.717) is 19.2 Å². The van der Waals surface area contributed by atoms with E-state index in [1.165, 1.54) is 5.69 Å². The summed E-state index contributed by atoms with van der Waals surface area (Å²) in [5, 5.41) is 10.6. The largest absolute Gasteiger partial charge is 0.389 e. The number of ether oxygens (including phenoxy) is 1. The van der Waals surface area contributed by atoms with Gasteiger partial charge in [-0.3, -0.25) is 4.90 Å². The van der Waals surface area contributed by atoms with Gasteiger partial charge in [-0.25, -0.2) is 0 Å². The smallest absolute Gasteiger partial charge is 0.0900 e. The molecule has 1 saturated heterocycles. The van der Waals surface area contributed by atoms with Gasteiger partial charge in [0.05, 0.1) is 12.7 Å². The van der Waals surface area contributed by atoms with Crippen LogP contribution in [-0.2, 0) is 4.74 Å². The third-order valence-corrected chi connectivity index (χ3v) is 3.98. The molecule has 0 unspecified atom stereocenters. The van der Waals surface area contributed by atoms with E-state index in [0.717, 1.165) is 24.7 Å². The van der Waals surface area contributed by atoms with Crippen molar-refractivity contribution < 1.29 is 9.84 Å². The minimum absolute atomic E-state index is 0.390. The summed E-state index contributed by atoms with van der Waals surface area (Å²) in [5.74, 6) is 0. The fourth-order valence-corrected chi connectivity index (χ4v) is 2.87. The van der Waals surface area contributed by atoms with Gasteiger partial charge in [0.1, 0.15) is 0 Å². The molecule has 2 atom stereocenters. The average Bonchev–Trinajstić information content (AvgIpc) is 2.41. The van der Waals surface area contributed by atoms with Gasteiger partial charge in [0, 0.05) is 50.0 Å². The molecule has 1 fully saturated rings. The van der Waals surface area contributed by atoms with Crippen molar-refractivity contribution >= 4 is 17.3 Å². The molecule has 112 valence electrons. The molecule has 1 aliphatic heterocycles. The summed E-state index contributed by atoms with van der Waals surface area (Å²) in [6.45, 7) is 6.08. The second-order valence-electron chi connectivity index (χ2n) is 5.38. The van der Waals surface area contributed by atoms with E-state index in [1.807, 2.05) is 18.2 Å². The third-order valence-electron chi connectivity index (χ3n) is 3.74. The molecule has 0 aromatic heterocycles. The van der Waals surface area contributed by atoms with Crippen molar-refractivity contribution in [2.24, 2.45) is 0 Å². The molecule has 1 aromatic rings. The molecule has 4 nitrogen and oxygen atoms in total. The van der Waals surface area contributed by atoms with Crippen LogP contribution in [0, 0.1) is 0 Å². The molecule has 20 heavy (non-hydrogen) atoms. The van der Waals surface area contributed by atoms with Crippen molar-refractivity contribution in [3.8, 4) is 0 Å². The van der Waals surface area contributed by atoms with Gasteiger partial charge in [0.2, 0.25) is 0 Å². The van der Waals surface area contributed by atoms with E-state index < -0.39 is 6.10 Å². The first-order chi connectivity index (χ1) is 9.60. The molecule has 0 radical (unpaired) electrons. The molecule has 1 aliphatic rings. The number of benzene rings is 1. The average molecular weight is 299 g/mol. The number of aliphatic hydroxyl groups is 1. The van der Waals surface area contributed by atoms with E-state index in [-0.39, 0.29) is 0 Å². The van der Waals surface area contributed by atoms with Gasteiger partial charge in [-0.15, -0.1) is 0 Å². The summed E-state index contributed by atoms with van der Waals surface area (Å²) in [4.78, 5) is 4.65. The lowest BCUT2D eigenvalue weighted by molar-refractivity contribution is 0.0261. The van der Waals surface area contributed by atoms with Crippen LogP contribution in [0.25, 0.3) is 0 Å². The van der Waals surface area contributed by atoms with Crippen molar-refractivity contribution in [1.29, 1.82) is 0 Å². The molecular weight excluding hydrogens is 276 g/mol. The minimum atomic E-state index is -0.417. The van der Waals surface area contributed by atoms with Gasteiger partial charge in [0.15, 0.2) is 0 Å². The normalized spacial score (nSPS) is 22.0. The molecule has 5 heteroatoms. The van der Waals surface area contributed by atoms with Crippen molar-refractivity contribution in [2.75, 3.05) is 44.8 Å². The Morgan fingerprint density at radius 1 is 1.45 bits per heavy atom.